The van der Waals surface area contributed by atoms with Gasteiger partial charge < -0.3 is 15.7 Å². The van der Waals surface area contributed by atoms with Crippen LogP contribution < -0.4 is 10.6 Å². The average Bonchev–Trinajstić information content (AvgIpc) is 2.89. The normalized spacial score (nSPS) is 18.2. The van der Waals surface area contributed by atoms with Gasteiger partial charge in [-0.3, -0.25) is 4.79 Å². The van der Waals surface area contributed by atoms with E-state index in [0.717, 1.165) is 31.4 Å². The zero-order chi connectivity index (χ0) is 14.4. The molecular weight excluding hydrogens is 252 g/mol. The minimum atomic E-state index is -0.163. The summed E-state index contributed by atoms with van der Waals surface area (Å²) in [6, 6.07) is 7.88. The largest absolute Gasteiger partial charge is 0.396 e. The summed E-state index contributed by atoms with van der Waals surface area (Å²) in [5.41, 5.74) is 2.27. The number of aliphatic hydroxyl groups is 1. The first-order valence-electron chi connectivity index (χ1n) is 7.47. The maximum absolute atomic E-state index is 12.2. The molecule has 1 aromatic carbocycles. The van der Waals surface area contributed by atoms with Crippen LogP contribution in [0.4, 0.5) is 5.69 Å². The number of amides is 1. The Morgan fingerprint density at radius 3 is 2.95 bits per heavy atom. The molecule has 1 aliphatic heterocycles. The molecule has 2 unspecified atom stereocenters. The number of benzene rings is 1. The molecule has 20 heavy (non-hydrogen) atoms. The molecule has 1 aromatic rings. The Bertz CT molecular complexity index is 417. The second-order valence-corrected chi connectivity index (χ2v) is 5.47. The Kier molecular flexibility index (Phi) is 5.41. The molecule has 0 bridgehead atoms. The lowest BCUT2D eigenvalue weighted by molar-refractivity contribution is -0.121. The van der Waals surface area contributed by atoms with Gasteiger partial charge in [0, 0.05) is 25.3 Å². The number of anilines is 1. The first-order chi connectivity index (χ1) is 9.74. The molecule has 0 aromatic heterocycles. The van der Waals surface area contributed by atoms with E-state index in [1.54, 1.807) is 0 Å². The van der Waals surface area contributed by atoms with Crippen molar-refractivity contribution in [2.45, 2.75) is 38.6 Å². The van der Waals surface area contributed by atoms with Crippen LogP contribution in [0.2, 0.25) is 0 Å². The molecule has 0 spiro atoms. The molecule has 4 nitrogen and oxygen atoms in total. The molecular formula is C16H24N2O2. The molecule has 3 N–H and O–H groups in total. The van der Waals surface area contributed by atoms with Gasteiger partial charge in [0.05, 0.1) is 0 Å². The van der Waals surface area contributed by atoms with Gasteiger partial charge in [-0.25, -0.2) is 0 Å². The van der Waals surface area contributed by atoms with E-state index in [0.29, 0.717) is 12.5 Å². The number of para-hydroxylation sites is 1. The molecule has 0 aliphatic carbocycles. The van der Waals surface area contributed by atoms with Gasteiger partial charge in [0.15, 0.2) is 0 Å². The monoisotopic (exact) mass is 276 g/mol. The quantitative estimate of drug-likeness (QED) is 0.713. The molecule has 0 radical (unpaired) electrons. The van der Waals surface area contributed by atoms with E-state index >= 15 is 0 Å². The van der Waals surface area contributed by atoms with Crippen molar-refractivity contribution in [1.29, 1.82) is 0 Å². The summed E-state index contributed by atoms with van der Waals surface area (Å²) in [7, 11) is 0. The van der Waals surface area contributed by atoms with Gasteiger partial charge in [-0.1, -0.05) is 31.5 Å². The fourth-order valence-electron chi connectivity index (χ4n) is 2.76. The zero-order valence-corrected chi connectivity index (χ0v) is 12.1. The summed E-state index contributed by atoms with van der Waals surface area (Å²) >= 11 is 0. The highest BCUT2D eigenvalue weighted by Gasteiger charge is 2.26. The van der Waals surface area contributed by atoms with Crippen LogP contribution in [0.3, 0.4) is 0 Å². The second kappa shape index (κ2) is 7.29. The van der Waals surface area contributed by atoms with E-state index in [4.69, 9.17) is 5.11 Å². The Labute approximate surface area is 120 Å². The van der Waals surface area contributed by atoms with Crippen LogP contribution in [0.5, 0.6) is 0 Å². The van der Waals surface area contributed by atoms with Gasteiger partial charge in [0.1, 0.15) is 6.04 Å². The maximum Gasteiger partial charge on any atom is 0.242 e. The van der Waals surface area contributed by atoms with Gasteiger partial charge >= 0.3 is 0 Å². The van der Waals surface area contributed by atoms with Crippen molar-refractivity contribution < 1.29 is 9.90 Å². The second-order valence-electron chi connectivity index (χ2n) is 5.47. The van der Waals surface area contributed by atoms with Crippen LogP contribution in [0.1, 0.15) is 31.7 Å². The first-order valence-corrected chi connectivity index (χ1v) is 7.47. The number of nitrogens with one attached hydrogen (secondary N) is 2. The Morgan fingerprint density at radius 1 is 1.45 bits per heavy atom. The lowest BCUT2D eigenvalue weighted by atomic mass is 10.00. The third-order valence-electron chi connectivity index (χ3n) is 3.89. The van der Waals surface area contributed by atoms with Gasteiger partial charge in [0.2, 0.25) is 5.91 Å². The van der Waals surface area contributed by atoms with Gasteiger partial charge in [-0.2, -0.15) is 0 Å². The fraction of sp³-hybridized carbons (Fsp3) is 0.562. The summed E-state index contributed by atoms with van der Waals surface area (Å²) in [5, 5.41) is 15.3. The Morgan fingerprint density at radius 2 is 2.25 bits per heavy atom. The molecule has 0 saturated heterocycles. The highest BCUT2D eigenvalue weighted by atomic mass is 16.3. The standard InChI is InChI=1S/C16H24N2O2/c1-2-5-12(8-9-19)11-17-16(20)15-10-13-6-3-4-7-14(13)18-15/h3-4,6-7,12,15,18-19H,2,5,8-11H2,1H3,(H,17,20). The minimum Gasteiger partial charge on any atom is -0.396 e. The maximum atomic E-state index is 12.2. The number of aliphatic hydroxyl groups excluding tert-OH is 1. The molecule has 0 saturated carbocycles. The SMILES string of the molecule is CCCC(CCO)CNC(=O)C1Cc2ccccc2N1. The fourth-order valence-corrected chi connectivity index (χ4v) is 2.76. The summed E-state index contributed by atoms with van der Waals surface area (Å²) < 4.78 is 0. The van der Waals surface area contributed by atoms with Crippen molar-refractivity contribution in [2.75, 3.05) is 18.5 Å². The third kappa shape index (κ3) is 3.73. The van der Waals surface area contributed by atoms with E-state index < -0.39 is 0 Å². The summed E-state index contributed by atoms with van der Waals surface area (Å²) in [4.78, 5) is 12.2. The molecule has 0 fully saturated rings. The van der Waals surface area contributed by atoms with Crippen LogP contribution in [0.15, 0.2) is 24.3 Å². The molecule has 1 amide bonds. The van der Waals surface area contributed by atoms with Crippen molar-refractivity contribution in [1.82, 2.24) is 5.32 Å². The molecule has 1 aliphatic rings. The smallest absolute Gasteiger partial charge is 0.242 e. The summed E-state index contributed by atoms with van der Waals surface area (Å²) in [6.07, 6.45) is 3.62. The Balaban J connectivity index is 1.81. The number of hydrogen-bond donors (Lipinski definition) is 3. The average molecular weight is 276 g/mol. The first kappa shape index (κ1) is 14.9. The molecule has 2 atom stereocenters. The van der Waals surface area contributed by atoms with Crippen LogP contribution in [-0.2, 0) is 11.2 Å². The topological polar surface area (TPSA) is 61.4 Å². The molecule has 4 heteroatoms. The van der Waals surface area contributed by atoms with Crippen LogP contribution in [0, 0.1) is 5.92 Å². The zero-order valence-electron chi connectivity index (χ0n) is 12.1. The Hall–Kier alpha value is -1.55. The van der Waals surface area contributed by atoms with E-state index in [1.807, 2.05) is 18.2 Å². The molecule has 110 valence electrons. The van der Waals surface area contributed by atoms with Crippen molar-refractivity contribution in [3.05, 3.63) is 29.8 Å². The highest BCUT2D eigenvalue weighted by molar-refractivity contribution is 5.87. The number of fused-ring (bicyclic) bond motifs is 1. The number of carbonyl (C=O) groups is 1. The van der Waals surface area contributed by atoms with Crippen LogP contribution >= 0.6 is 0 Å². The van der Waals surface area contributed by atoms with E-state index in [9.17, 15) is 4.79 Å². The minimum absolute atomic E-state index is 0.0558. The summed E-state index contributed by atoms with van der Waals surface area (Å²) in [5.74, 6) is 0.429. The van der Waals surface area contributed by atoms with Gasteiger partial charge in [-0.05, 0) is 30.4 Å². The number of hydrogen-bond acceptors (Lipinski definition) is 3. The van der Waals surface area contributed by atoms with Crippen molar-refractivity contribution in [3.63, 3.8) is 0 Å². The number of carbonyl (C=O) groups excluding carboxylic acids is 1. The van der Waals surface area contributed by atoms with Gasteiger partial charge in [-0.15, -0.1) is 0 Å². The summed E-state index contributed by atoms with van der Waals surface area (Å²) in [6.45, 7) is 2.97. The van der Waals surface area contributed by atoms with Crippen LogP contribution in [0.25, 0.3) is 0 Å². The highest BCUT2D eigenvalue weighted by Crippen LogP contribution is 2.25. The number of rotatable bonds is 7. The van der Waals surface area contributed by atoms with E-state index in [-0.39, 0.29) is 18.6 Å². The predicted octanol–water partition coefficient (Wildman–Crippen LogP) is 1.94. The molecule has 1 heterocycles. The van der Waals surface area contributed by atoms with Crippen LogP contribution in [-0.4, -0.2) is 30.2 Å². The third-order valence-corrected chi connectivity index (χ3v) is 3.89. The lowest BCUT2D eigenvalue weighted by Gasteiger charge is -2.18. The predicted molar refractivity (Wildman–Crippen MR) is 80.7 cm³/mol. The lowest BCUT2D eigenvalue weighted by Crippen LogP contribution is -2.40. The van der Waals surface area contributed by atoms with E-state index in [2.05, 4.69) is 23.6 Å². The van der Waals surface area contributed by atoms with Crippen molar-refractivity contribution in [2.24, 2.45) is 5.92 Å². The molecule has 2 rings (SSSR count). The van der Waals surface area contributed by atoms with Gasteiger partial charge in [0.25, 0.3) is 0 Å². The van der Waals surface area contributed by atoms with E-state index in [1.165, 1.54) is 5.56 Å². The van der Waals surface area contributed by atoms with Crippen molar-refractivity contribution in [3.8, 4) is 0 Å². The van der Waals surface area contributed by atoms with Crippen molar-refractivity contribution >= 4 is 11.6 Å².